The molecule has 0 bridgehead atoms. The standard InChI is InChI=1S/C16H22.C6H14.C3H7P/c1-6-7-15-11-16(9-8-13(15)4)14(5)10-12(2)3;1-3-5-6-4-2;1-3(2)4/h6-9,11,14H,2,10H2,1,3-5H3;3-6H2,1-2H3;4H,1-2H3/b7-6-;;. The number of hydrogen-bond donors (Lipinski definition) is 0. The minimum Gasteiger partial charge on any atom is -0.124 e. The van der Waals surface area contributed by atoms with Crippen LogP contribution in [0.3, 0.4) is 0 Å². The molecule has 1 aromatic rings. The average molecular weight is 375 g/mol. The van der Waals surface area contributed by atoms with Gasteiger partial charge in [0.2, 0.25) is 0 Å². The van der Waals surface area contributed by atoms with E-state index in [1.165, 1.54) is 53.2 Å². The number of unbranched alkanes of at least 4 members (excludes halogenated alkanes) is 3. The second-order valence-electron chi connectivity index (χ2n) is 7.39. The highest BCUT2D eigenvalue weighted by Gasteiger charge is 2.06. The van der Waals surface area contributed by atoms with Crippen molar-refractivity contribution in [3.63, 3.8) is 0 Å². The van der Waals surface area contributed by atoms with Crippen LogP contribution in [0.15, 0.2) is 36.4 Å². The van der Waals surface area contributed by atoms with Crippen molar-refractivity contribution in [3.8, 4) is 0 Å². The van der Waals surface area contributed by atoms with Crippen LogP contribution < -0.4 is 0 Å². The van der Waals surface area contributed by atoms with E-state index in [-0.39, 0.29) is 0 Å². The highest BCUT2D eigenvalue weighted by atomic mass is 31.0. The van der Waals surface area contributed by atoms with E-state index in [2.05, 4.69) is 87.3 Å². The van der Waals surface area contributed by atoms with Gasteiger partial charge in [0, 0.05) is 0 Å². The lowest BCUT2D eigenvalue weighted by Crippen LogP contribution is -1.95. The molecule has 0 amide bonds. The highest BCUT2D eigenvalue weighted by molar-refractivity contribution is 7.20. The van der Waals surface area contributed by atoms with Crippen molar-refractivity contribution >= 4 is 20.2 Å². The molecule has 0 nitrogen and oxygen atoms in total. The molecule has 0 aromatic heterocycles. The predicted molar refractivity (Wildman–Crippen MR) is 128 cm³/mol. The van der Waals surface area contributed by atoms with Gasteiger partial charge in [-0.2, -0.15) is 0 Å². The quantitative estimate of drug-likeness (QED) is 0.254. The van der Waals surface area contributed by atoms with Gasteiger partial charge in [-0.3, -0.25) is 0 Å². The van der Waals surface area contributed by atoms with Crippen LogP contribution in [0.5, 0.6) is 0 Å². The maximum Gasteiger partial charge on any atom is -0.0153 e. The fraction of sp³-hybridized carbons (Fsp3) is 0.560. The summed E-state index contributed by atoms with van der Waals surface area (Å²) in [6.07, 6.45) is 10.9. The summed E-state index contributed by atoms with van der Waals surface area (Å²) in [6.45, 7) is 21.0. The van der Waals surface area contributed by atoms with Gasteiger partial charge >= 0.3 is 0 Å². The maximum atomic E-state index is 3.98. The van der Waals surface area contributed by atoms with E-state index in [1.807, 2.05) is 13.8 Å². The molecular formula is C25H43P. The molecule has 148 valence electrons. The van der Waals surface area contributed by atoms with Crippen LogP contribution in [0.1, 0.15) is 103 Å². The summed E-state index contributed by atoms with van der Waals surface area (Å²) >= 11 is 0. The van der Waals surface area contributed by atoms with E-state index in [4.69, 9.17) is 0 Å². The minimum atomic E-state index is 0.558. The molecule has 1 rings (SSSR count). The van der Waals surface area contributed by atoms with Gasteiger partial charge in [0.15, 0.2) is 0 Å². The van der Waals surface area contributed by atoms with Gasteiger partial charge in [0.25, 0.3) is 0 Å². The fourth-order valence-electron chi connectivity index (χ4n) is 2.47. The third kappa shape index (κ3) is 16.3. The van der Waals surface area contributed by atoms with Crippen LogP contribution in [0.2, 0.25) is 0 Å². The number of hydrogen-bond acceptors (Lipinski definition) is 0. The van der Waals surface area contributed by atoms with Crippen molar-refractivity contribution < 1.29 is 0 Å². The van der Waals surface area contributed by atoms with Crippen LogP contribution in [0.4, 0.5) is 0 Å². The molecular weight excluding hydrogens is 331 g/mol. The first kappa shape index (κ1) is 27.1. The second-order valence-corrected chi connectivity index (χ2v) is 8.39. The molecule has 1 atom stereocenters. The Balaban J connectivity index is 0. The summed E-state index contributed by atoms with van der Waals surface area (Å²) in [6, 6.07) is 6.73. The Hall–Kier alpha value is -1.13. The summed E-state index contributed by atoms with van der Waals surface area (Å²) in [5.41, 5.74) is 5.32. The van der Waals surface area contributed by atoms with Gasteiger partial charge < -0.3 is 0 Å². The Labute approximate surface area is 167 Å². The number of aryl methyl sites for hydroxylation is 1. The van der Waals surface area contributed by atoms with Gasteiger partial charge in [0.1, 0.15) is 0 Å². The molecule has 1 unspecified atom stereocenters. The molecule has 26 heavy (non-hydrogen) atoms. The third-order valence-electron chi connectivity index (χ3n) is 3.83. The van der Waals surface area contributed by atoms with Crippen molar-refractivity contribution in [2.45, 2.75) is 93.4 Å². The molecule has 0 radical (unpaired) electrons. The van der Waals surface area contributed by atoms with Gasteiger partial charge in [-0.05, 0) is 63.6 Å². The van der Waals surface area contributed by atoms with Crippen molar-refractivity contribution in [2.24, 2.45) is 0 Å². The van der Waals surface area contributed by atoms with Crippen LogP contribution in [-0.4, -0.2) is 5.29 Å². The first-order valence-electron chi connectivity index (χ1n) is 10.1. The van der Waals surface area contributed by atoms with E-state index in [1.54, 1.807) is 0 Å². The van der Waals surface area contributed by atoms with Gasteiger partial charge in [-0.15, -0.1) is 15.4 Å². The van der Waals surface area contributed by atoms with Crippen molar-refractivity contribution in [2.75, 3.05) is 0 Å². The molecule has 0 saturated carbocycles. The van der Waals surface area contributed by atoms with E-state index in [0.717, 1.165) is 6.42 Å². The minimum absolute atomic E-state index is 0.558. The molecule has 1 heteroatoms. The van der Waals surface area contributed by atoms with Crippen LogP contribution in [-0.2, 0) is 0 Å². The van der Waals surface area contributed by atoms with Crippen molar-refractivity contribution in [1.82, 2.24) is 0 Å². The summed E-state index contributed by atoms with van der Waals surface area (Å²) in [7, 11) is 3.23. The monoisotopic (exact) mass is 374 g/mol. The Morgan fingerprint density at radius 3 is 2.00 bits per heavy atom. The highest BCUT2D eigenvalue weighted by Crippen LogP contribution is 2.24. The van der Waals surface area contributed by atoms with E-state index >= 15 is 0 Å². The molecule has 0 saturated heterocycles. The maximum absolute atomic E-state index is 3.98. The number of allylic oxidation sites excluding steroid dienone is 2. The zero-order valence-corrected chi connectivity index (χ0v) is 19.7. The Morgan fingerprint density at radius 2 is 1.62 bits per heavy atom. The Morgan fingerprint density at radius 1 is 1.12 bits per heavy atom. The first-order chi connectivity index (χ1) is 12.2. The van der Waals surface area contributed by atoms with E-state index in [0.29, 0.717) is 5.92 Å². The zero-order valence-electron chi connectivity index (χ0n) is 18.7. The summed E-state index contributed by atoms with van der Waals surface area (Å²) < 4.78 is 0. The largest absolute Gasteiger partial charge is 0.124 e. The molecule has 0 aliphatic rings. The molecule has 0 aliphatic heterocycles. The molecule has 0 heterocycles. The predicted octanol–water partition coefficient (Wildman–Crippen LogP) is 9.03. The lowest BCUT2D eigenvalue weighted by atomic mass is 9.92. The topological polar surface area (TPSA) is 0 Å². The molecule has 0 aliphatic carbocycles. The first-order valence-corrected chi connectivity index (χ1v) is 10.6. The van der Waals surface area contributed by atoms with Crippen LogP contribution in [0.25, 0.3) is 6.08 Å². The molecule has 0 fully saturated rings. The Bertz CT molecular complexity index is 529. The average Bonchev–Trinajstić information content (AvgIpc) is 2.54. The summed E-state index contributed by atoms with van der Waals surface area (Å²) in [4.78, 5) is 0. The van der Waals surface area contributed by atoms with E-state index in [9.17, 15) is 0 Å². The zero-order chi connectivity index (χ0) is 20.5. The van der Waals surface area contributed by atoms with Gasteiger partial charge in [-0.1, -0.05) is 87.7 Å². The summed E-state index contributed by atoms with van der Waals surface area (Å²) in [5, 5.41) is 1.22. The second kappa shape index (κ2) is 17.3. The number of benzene rings is 1. The Kier molecular flexibility index (Phi) is 18.0. The third-order valence-corrected chi connectivity index (χ3v) is 3.83. The van der Waals surface area contributed by atoms with Crippen LogP contribution >= 0.6 is 8.86 Å². The smallest absolute Gasteiger partial charge is 0.0153 e. The number of rotatable bonds is 7. The summed E-state index contributed by atoms with van der Waals surface area (Å²) in [5.74, 6) is 0.558. The van der Waals surface area contributed by atoms with Crippen molar-refractivity contribution in [1.29, 1.82) is 0 Å². The van der Waals surface area contributed by atoms with Crippen LogP contribution in [0, 0.1) is 6.92 Å². The molecule has 0 N–H and O–H groups in total. The van der Waals surface area contributed by atoms with Crippen molar-refractivity contribution in [3.05, 3.63) is 53.1 Å². The molecule has 1 aromatic carbocycles. The van der Waals surface area contributed by atoms with E-state index < -0.39 is 0 Å². The lowest BCUT2D eigenvalue weighted by molar-refractivity contribution is 0.702. The van der Waals surface area contributed by atoms with Gasteiger partial charge in [-0.25, -0.2) is 0 Å². The van der Waals surface area contributed by atoms with Gasteiger partial charge in [0.05, 0.1) is 0 Å². The molecule has 0 spiro atoms. The SMILES string of the molecule is C=C(C)CC(C)c1ccc(C)c(/C=C\C)c1.CC(C)=P.CCCCCC. The normalized spacial score (nSPS) is 11.1. The fourth-order valence-corrected chi connectivity index (χ4v) is 2.47. The lowest BCUT2D eigenvalue weighted by Gasteiger charge is -2.13.